The van der Waals surface area contributed by atoms with Gasteiger partial charge in [-0.25, -0.2) is 22.5 Å². The smallest absolute Gasteiger partial charge is 0.243 e. The lowest BCUT2D eigenvalue weighted by molar-refractivity contribution is -0.142. The summed E-state index contributed by atoms with van der Waals surface area (Å²) in [4.78, 5) is 19.1. The van der Waals surface area contributed by atoms with E-state index in [4.69, 9.17) is 5.73 Å². The Bertz CT molecular complexity index is 1250. The van der Waals surface area contributed by atoms with E-state index in [1.807, 2.05) is 0 Å². The van der Waals surface area contributed by atoms with E-state index < -0.39 is 46.9 Å². The van der Waals surface area contributed by atoms with Crippen LogP contribution in [0.15, 0.2) is 36.4 Å². The van der Waals surface area contributed by atoms with Crippen LogP contribution >= 0.6 is 0 Å². The molecule has 2 aromatic carbocycles. The van der Waals surface area contributed by atoms with E-state index in [1.54, 1.807) is 18.4 Å². The number of aliphatic hydroxyl groups excluding tert-OH is 1. The van der Waals surface area contributed by atoms with Gasteiger partial charge >= 0.3 is 0 Å². The van der Waals surface area contributed by atoms with Crippen molar-refractivity contribution >= 4 is 17.4 Å². The maximum absolute atomic E-state index is 14.1. The number of hydrogen-bond donors (Lipinski definition) is 3. The fourth-order valence-corrected chi connectivity index (χ4v) is 4.20. The van der Waals surface area contributed by atoms with Crippen LogP contribution in [-0.4, -0.2) is 44.2 Å². The van der Waals surface area contributed by atoms with E-state index in [0.717, 1.165) is 12.1 Å². The van der Waals surface area contributed by atoms with E-state index in [2.05, 4.69) is 10.3 Å². The highest BCUT2D eigenvalue weighted by Crippen LogP contribution is 2.40. The second kappa shape index (κ2) is 8.97. The molecule has 4 rings (SSSR count). The predicted octanol–water partition coefficient (Wildman–Crippen LogP) is 3.64. The second-order valence-electron chi connectivity index (χ2n) is 8.99. The number of carbonyl (C=O) groups is 1. The van der Waals surface area contributed by atoms with Gasteiger partial charge in [0, 0.05) is 24.3 Å². The summed E-state index contributed by atoms with van der Waals surface area (Å²) in [5.74, 6) is -4.58. The van der Waals surface area contributed by atoms with Gasteiger partial charge in [-0.1, -0.05) is 0 Å². The molecule has 0 saturated carbocycles. The summed E-state index contributed by atoms with van der Waals surface area (Å²) >= 11 is 0. The zero-order chi connectivity index (χ0) is 25.7. The Labute approximate surface area is 199 Å². The number of halogens is 4. The Morgan fingerprint density at radius 3 is 2.29 bits per heavy atom. The molecular weight excluding hydrogens is 466 g/mol. The van der Waals surface area contributed by atoms with Crippen molar-refractivity contribution in [3.63, 3.8) is 0 Å². The molecule has 1 amide bonds. The van der Waals surface area contributed by atoms with Crippen LogP contribution in [0.2, 0.25) is 0 Å². The summed E-state index contributed by atoms with van der Waals surface area (Å²) in [5, 5.41) is 12.9. The molecule has 2 unspecified atom stereocenters. The van der Waals surface area contributed by atoms with Crippen LogP contribution in [0.5, 0.6) is 0 Å². The molecule has 0 spiro atoms. The molecule has 0 aliphatic carbocycles. The largest absolute Gasteiger partial charge is 0.391 e. The summed E-state index contributed by atoms with van der Waals surface area (Å²) in [6.07, 6.45) is -1.07. The van der Waals surface area contributed by atoms with Crippen molar-refractivity contribution in [1.29, 1.82) is 0 Å². The zero-order valence-electron chi connectivity index (χ0n) is 19.3. The molecule has 1 aliphatic heterocycles. The summed E-state index contributed by atoms with van der Waals surface area (Å²) < 4.78 is 57.0. The molecule has 0 saturated heterocycles. The number of aromatic nitrogens is 2. The van der Waals surface area contributed by atoms with Crippen molar-refractivity contribution in [2.75, 3.05) is 11.9 Å². The molecule has 2 atom stereocenters. The lowest BCUT2D eigenvalue weighted by Gasteiger charge is -2.43. The van der Waals surface area contributed by atoms with Gasteiger partial charge in [0.25, 0.3) is 0 Å². The minimum absolute atomic E-state index is 0.0257. The molecule has 0 bridgehead atoms. The normalized spacial score (nSPS) is 16.5. The van der Waals surface area contributed by atoms with Crippen LogP contribution in [0.1, 0.15) is 26.6 Å². The number of benzene rings is 2. The van der Waals surface area contributed by atoms with Crippen LogP contribution in [0.4, 0.5) is 29.1 Å². The number of carbonyl (C=O) groups excluding carboxylic acids is 1. The Morgan fingerprint density at radius 2 is 1.71 bits per heavy atom. The number of aliphatic hydroxyl groups is 1. The lowest BCUT2D eigenvalue weighted by Crippen LogP contribution is -2.58. The Balaban J connectivity index is 1.87. The minimum atomic E-state index is -1.60. The first-order chi connectivity index (χ1) is 16.4. The maximum atomic E-state index is 14.1. The first-order valence-corrected chi connectivity index (χ1v) is 11.0. The molecule has 1 aliphatic rings. The molecule has 0 fully saturated rings. The van der Waals surface area contributed by atoms with Crippen LogP contribution in [0.25, 0.3) is 11.3 Å². The average Bonchev–Trinajstić information content (AvgIpc) is 3.17. The van der Waals surface area contributed by atoms with E-state index in [-0.39, 0.29) is 24.3 Å². The first-order valence-electron chi connectivity index (χ1n) is 11.0. The van der Waals surface area contributed by atoms with Crippen LogP contribution in [0.3, 0.4) is 0 Å². The number of nitrogens with two attached hydrogens (primary N) is 1. The Kier molecular flexibility index (Phi) is 6.32. The molecule has 7 nitrogen and oxygen atoms in total. The van der Waals surface area contributed by atoms with E-state index >= 15 is 0 Å². The molecule has 3 aromatic rings. The fraction of sp³-hybridized carbons (Fsp3) is 0.333. The van der Waals surface area contributed by atoms with E-state index in [1.165, 1.54) is 36.1 Å². The van der Waals surface area contributed by atoms with Crippen molar-refractivity contribution in [3.8, 4) is 11.3 Å². The number of anilines is 2. The fourth-order valence-electron chi connectivity index (χ4n) is 4.20. The summed E-state index contributed by atoms with van der Waals surface area (Å²) in [5.41, 5.74) is 5.43. The van der Waals surface area contributed by atoms with Gasteiger partial charge in [-0.3, -0.25) is 4.79 Å². The molecule has 0 radical (unpaired) electrons. The number of fused-ring (bicyclic) bond motifs is 1. The summed E-state index contributed by atoms with van der Waals surface area (Å²) in [6, 6.07) is 5.98. The van der Waals surface area contributed by atoms with Crippen molar-refractivity contribution in [2.24, 2.45) is 5.73 Å². The minimum Gasteiger partial charge on any atom is -0.391 e. The van der Waals surface area contributed by atoms with Crippen LogP contribution < -0.4 is 11.1 Å². The van der Waals surface area contributed by atoms with E-state index in [9.17, 15) is 27.5 Å². The Morgan fingerprint density at radius 1 is 1.11 bits per heavy atom. The highest BCUT2D eigenvalue weighted by atomic mass is 19.2. The third kappa shape index (κ3) is 4.37. The van der Waals surface area contributed by atoms with Crippen LogP contribution in [0, 0.1) is 23.3 Å². The number of nitrogens with zero attached hydrogens (tertiary/aromatic N) is 3. The van der Waals surface area contributed by atoms with Crippen molar-refractivity contribution in [2.45, 2.75) is 45.0 Å². The second-order valence-corrected chi connectivity index (χ2v) is 8.99. The summed E-state index contributed by atoms with van der Waals surface area (Å²) in [6.45, 7) is 5.32. The van der Waals surface area contributed by atoms with Gasteiger partial charge in [-0.15, -0.1) is 0 Å². The number of rotatable bonds is 5. The van der Waals surface area contributed by atoms with Gasteiger partial charge < -0.3 is 25.6 Å². The monoisotopic (exact) mass is 491 g/mol. The highest BCUT2D eigenvalue weighted by molar-refractivity contribution is 5.84. The first kappa shape index (κ1) is 24.7. The van der Waals surface area contributed by atoms with Gasteiger partial charge in [-0.05, 0) is 57.2 Å². The maximum Gasteiger partial charge on any atom is 0.243 e. The van der Waals surface area contributed by atoms with Gasteiger partial charge in [0.1, 0.15) is 29.2 Å². The number of amides is 1. The summed E-state index contributed by atoms with van der Waals surface area (Å²) in [7, 11) is 0. The molecule has 35 heavy (non-hydrogen) atoms. The van der Waals surface area contributed by atoms with Crippen molar-refractivity contribution in [3.05, 3.63) is 65.5 Å². The predicted molar refractivity (Wildman–Crippen MR) is 122 cm³/mol. The molecule has 11 heteroatoms. The van der Waals surface area contributed by atoms with Crippen molar-refractivity contribution in [1.82, 2.24) is 14.5 Å². The van der Waals surface area contributed by atoms with Crippen LogP contribution in [-0.2, 0) is 16.9 Å². The van der Waals surface area contributed by atoms with Gasteiger partial charge in [0.15, 0.2) is 17.5 Å². The lowest BCUT2D eigenvalue weighted by atomic mass is 9.97. The van der Waals surface area contributed by atoms with Crippen molar-refractivity contribution < 1.29 is 27.5 Å². The topological polar surface area (TPSA) is 96.4 Å². The molecule has 1 aromatic heterocycles. The Hall–Kier alpha value is -3.44. The van der Waals surface area contributed by atoms with E-state index in [0.29, 0.717) is 17.3 Å². The highest BCUT2D eigenvalue weighted by Gasteiger charge is 2.43. The molecule has 2 heterocycles. The number of imidazole rings is 1. The third-order valence-corrected chi connectivity index (χ3v) is 6.17. The van der Waals surface area contributed by atoms with Gasteiger partial charge in [0.2, 0.25) is 5.91 Å². The number of nitrogens with one attached hydrogen (secondary N) is 1. The standard InChI is InChI=1S/C24H25F4N5O2/c1-12(34)19(29)22(35)33-9-8-32-21(30-15-6-4-14(25)5-7-15)20(31-23(32)24(33,2)3)13-10-16(26)18(28)17(27)11-13/h4-7,10-12,19,30,34H,8-9,29H2,1-3H3. The van der Waals surface area contributed by atoms with Gasteiger partial charge in [-0.2, -0.15) is 0 Å². The zero-order valence-corrected chi connectivity index (χ0v) is 19.3. The number of hydrogen-bond acceptors (Lipinski definition) is 5. The quantitative estimate of drug-likeness (QED) is 0.374. The van der Waals surface area contributed by atoms with Gasteiger partial charge in [0.05, 0.1) is 11.6 Å². The molecular formula is C24H25F4N5O2. The SMILES string of the molecule is CC(O)C(N)C(=O)N1CCn2c(nc(-c3cc(F)c(F)c(F)c3)c2Nc2ccc(F)cc2)C1(C)C. The third-order valence-electron chi connectivity index (χ3n) is 6.17. The molecule has 186 valence electrons. The average molecular weight is 491 g/mol. The molecule has 4 N–H and O–H groups in total.